The quantitative estimate of drug-likeness (QED) is 0.807. The maximum absolute atomic E-state index is 11.7. The Balaban J connectivity index is 2.51. The number of hydrogen-bond acceptors (Lipinski definition) is 1. The molecule has 0 aliphatic carbocycles. The number of nitrogens with zero attached hydrogens (tertiary/aromatic N) is 1. The number of aromatic amines is 1. The number of hydrogen-bond donors (Lipinski definition) is 2. The molecule has 0 saturated heterocycles. The zero-order chi connectivity index (χ0) is 12.1. The number of aromatic nitrogens is 1. The van der Waals surface area contributed by atoms with Gasteiger partial charge >= 0.3 is 6.03 Å². The summed E-state index contributed by atoms with van der Waals surface area (Å²) in [7, 11) is 0. The average molecular weight is 223 g/mol. The summed E-state index contributed by atoms with van der Waals surface area (Å²) in [6, 6.07) is 2.07. The molecule has 90 valence electrons. The van der Waals surface area contributed by atoms with Gasteiger partial charge in [-0.1, -0.05) is 0 Å². The van der Waals surface area contributed by atoms with E-state index in [0.29, 0.717) is 6.54 Å². The van der Waals surface area contributed by atoms with E-state index in [1.807, 2.05) is 27.7 Å². The van der Waals surface area contributed by atoms with E-state index in [2.05, 4.69) is 16.4 Å². The summed E-state index contributed by atoms with van der Waals surface area (Å²) in [6.45, 7) is 10.1. The van der Waals surface area contributed by atoms with Gasteiger partial charge in [0.15, 0.2) is 0 Å². The molecule has 0 fully saturated rings. The van der Waals surface area contributed by atoms with Crippen molar-refractivity contribution in [1.29, 1.82) is 0 Å². The van der Waals surface area contributed by atoms with E-state index < -0.39 is 0 Å². The van der Waals surface area contributed by atoms with Crippen LogP contribution in [0.2, 0.25) is 0 Å². The molecular formula is C12H21N3O. The Morgan fingerprint density at radius 3 is 2.44 bits per heavy atom. The molecule has 2 N–H and O–H groups in total. The standard InChI is InChI=1S/C12H21N3O/c1-5-15(6-2)12(16)13-8-11-7-9(3)14-10(11)4/h7,14H,5-6,8H2,1-4H3,(H,13,16). The summed E-state index contributed by atoms with van der Waals surface area (Å²) >= 11 is 0. The van der Waals surface area contributed by atoms with Gasteiger partial charge in [0.05, 0.1) is 0 Å². The average Bonchev–Trinajstić information content (AvgIpc) is 2.56. The summed E-state index contributed by atoms with van der Waals surface area (Å²) in [4.78, 5) is 16.7. The van der Waals surface area contributed by atoms with Crippen LogP contribution in [0.3, 0.4) is 0 Å². The predicted octanol–water partition coefficient (Wildman–Crippen LogP) is 2.18. The van der Waals surface area contributed by atoms with Crippen molar-refractivity contribution in [3.8, 4) is 0 Å². The molecule has 1 aromatic rings. The van der Waals surface area contributed by atoms with Crippen LogP contribution in [0.5, 0.6) is 0 Å². The normalized spacial score (nSPS) is 10.2. The number of aryl methyl sites for hydroxylation is 2. The van der Waals surface area contributed by atoms with Crippen LogP contribution in [0, 0.1) is 13.8 Å². The van der Waals surface area contributed by atoms with E-state index in [9.17, 15) is 4.79 Å². The second-order valence-corrected chi connectivity index (χ2v) is 3.93. The molecule has 0 spiro atoms. The summed E-state index contributed by atoms with van der Waals surface area (Å²) in [5.41, 5.74) is 3.40. The Morgan fingerprint density at radius 2 is 2.00 bits per heavy atom. The minimum Gasteiger partial charge on any atom is -0.362 e. The Bertz CT molecular complexity index is 353. The monoisotopic (exact) mass is 223 g/mol. The molecule has 2 amide bonds. The Hall–Kier alpha value is -1.45. The summed E-state index contributed by atoms with van der Waals surface area (Å²) in [5, 5.41) is 2.92. The fraction of sp³-hybridized carbons (Fsp3) is 0.583. The van der Waals surface area contributed by atoms with Crippen LogP contribution in [0.25, 0.3) is 0 Å². The molecule has 4 heteroatoms. The fourth-order valence-corrected chi connectivity index (χ4v) is 1.76. The van der Waals surface area contributed by atoms with Crippen molar-refractivity contribution in [2.24, 2.45) is 0 Å². The van der Waals surface area contributed by atoms with Gasteiger partial charge < -0.3 is 15.2 Å². The first kappa shape index (κ1) is 12.6. The molecule has 0 aliphatic rings. The third kappa shape index (κ3) is 3.02. The molecule has 0 radical (unpaired) electrons. The number of amides is 2. The Kier molecular flexibility index (Phi) is 4.40. The van der Waals surface area contributed by atoms with Crippen molar-refractivity contribution >= 4 is 6.03 Å². The van der Waals surface area contributed by atoms with Crippen molar-refractivity contribution in [3.63, 3.8) is 0 Å². The molecule has 0 aromatic carbocycles. The first-order valence-corrected chi connectivity index (χ1v) is 5.76. The lowest BCUT2D eigenvalue weighted by Gasteiger charge is -2.19. The number of carbonyl (C=O) groups excluding carboxylic acids is 1. The lowest BCUT2D eigenvalue weighted by Crippen LogP contribution is -2.39. The maximum atomic E-state index is 11.7. The third-order valence-electron chi connectivity index (χ3n) is 2.74. The molecule has 0 bridgehead atoms. The van der Waals surface area contributed by atoms with E-state index in [1.165, 1.54) is 0 Å². The molecule has 4 nitrogen and oxygen atoms in total. The van der Waals surface area contributed by atoms with Gasteiger partial charge in [0, 0.05) is 31.0 Å². The van der Waals surface area contributed by atoms with Crippen LogP contribution in [-0.2, 0) is 6.54 Å². The van der Waals surface area contributed by atoms with Gasteiger partial charge in [-0.3, -0.25) is 0 Å². The fourth-order valence-electron chi connectivity index (χ4n) is 1.76. The van der Waals surface area contributed by atoms with Crippen molar-refractivity contribution in [3.05, 3.63) is 23.0 Å². The molecule has 16 heavy (non-hydrogen) atoms. The number of nitrogens with one attached hydrogen (secondary N) is 2. The molecule has 0 aliphatic heterocycles. The SMILES string of the molecule is CCN(CC)C(=O)NCc1cc(C)[nH]c1C. The van der Waals surface area contributed by atoms with E-state index in [1.54, 1.807) is 4.90 Å². The summed E-state index contributed by atoms with van der Waals surface area (Å²) in [6.07, 6.45) is 0. The first-order chi connectivity index (χ1) is 7.58. The molecular weight excluding hydrogens is 202 g/mol. The van der Waals surface area contributed by atoms with E-state index >= 15 is 0 Å². The van der Waals surface area contributed by atoms with E-state index in [-0.39, 0.29) is 6.03 Å². The highest BCUT2D eigenvalue weighted by Crippen LogP contribution is 2.08. The molecule has 0 unspecified atom stereocenters. The highest BCUT2D eigenvalue weighted by molar-refractivity contribution is 5.74. The number of carbonyl (C=O) groups is 1. The largest absolute Gasteiger partial charge is 0.362 e. The van der Waals surface area contributed by atoms with Crippen molar-refractivity contribution in [2.45, 2.75) is 34.2 Å². The van der Waals surface area contributed by atoms with Gasteiger partial charge in [0.2, 0.25) is 0 Å². The Labute approximate surface area is 97.0 Å². The minimum absolute atomic E-state index is 0.00301. The van der Waals surface area contributed by atoms with Crippen LogP contribution >= 0.6 is 0 Å². The van der Waals surface area contributed by atoms with Gasteiger partial charge in [-0.2, -0.15) is 0 Å². The molecule has 1 rings (SSSR count). The van der Waals surface area contributed by atoms with Crippen LogP contribution in [-0.4, -0.2) is 29.0 Å². The van der Waals surface area contributed by atoms with Crippen LogP contribution in [0.15, 0.2) is 6.07 Å². The second kappa shape index (κ2) is 5.58. The highest BCUT2D eigenvalue weighted by atomic mass is 16.2. The minimum atomic E-state index is 0.00301. The van der Waals surface area contributed by atoms with E-state index in [0.717, 1.165) is 30.0 Å². The van der Waals surface area contributed by atoms with Gasteiger partial charge in [0.25, 0.3) is 0 Å². The van der Waals surface area contributed by atoms with Gasteiger partial charge in [-0.25, -0.2) is 4.79 Å². The molecule has 1 heterocycles. The molecule has 0 atom stereocenters. The topological polar surface area (TPSA) is 48.1 Å². The van der Waals surface area contributed by atoms with Crippen LogP contribution in [0.4, 0.5) is 4.79 Å². The maximum Gasteiger partial charge on any atom is 0.317 e. The van der Waals surface area contributed by atoms with Crippen LogP contribution < -0.4 is 5.32 Å². The lowest BCUT2D eigenvalue weighted by molar-refractivity contribution is 0.203. The van der Waals surface area contributed by atoms with Crippen molar-refractivity contribution in [2.75, 3.05) is 13.1 Å². The van der Waals surface area contributed by atoms with Gasteiger partial charge in [-0.05, 0) is 39.3 Å². The zero-order valence-corrected chi connectivity index (χ0v) is 10.6. The number of rotatable bonds is 4. The second-order valence-electron chi connectivity index (χ2n) is 3.93. The van der Waals surface area contributed by atoms with Crippen LogP contribution in [0.1, 0.15) is 30.8 Å². The number of urea groups is 1. The molecule has 1 aromatic heterocycles. The van der Waals surface area contributed by atoms with Gasteiger partial charge in [-0.15, -0.1) is 0 Å². The summed E-state index contributed by atoms with van der Waals surface area (Å²) in [5.74, 6) is 0. The lowest BCUT2D eigenvalue weighted by atomic mass is 10.2. The molecule has 0 saturated carbocycles. The summed E-state index contributed by atoms with van der Waals surface area (Å²) < 4.78 is 0. The first-order valence-electron chi connectivity index (χ1n) is 5.76. The van der Waals surface area contributed by atoms with Crippen molar-refractivity contribution < 1.29 is 4.79 Å². The number of H-pyrrole nitrogens is 1. The smallest absolute Gasteiger partial charge is 0.317 e. The zero-order valence-electron chi connectivity index (χ0n) is 10.6. The predicted molar refractivity (Wildman–Crippen MR) is 65.4 cm³/mol. The Morgan fingerprint density at radius 1 is 1.38 bits per heavy atom. The van der Waals surface area contributed by atoms with E-state index in [4.69, 9.17) is 0 Å². The highest BCUT2D eigenvalue weighted by Gasteiger charge is 2.09. The third-order valence-corrected chi connectivity index (χ3v) is 2.74. The van der Waals surface area contributed by atoms with Gasteiger partial charge in [0.1, 0.15) is 0 Å². The van der Waals surface area contributed by atoms with Crippen molar-refractivity contribution in [1.82, 2.24) is 15.2 Å².